The van der Waals surface area contributed by atoms with Gasteiger partial charge in [-0.05, 0) is 37.3 Å². The molecule has 2 rings (SSSR count). The van der Waals surface area contributed by atoms with Crippen LogP contribution >= 0.6 is 15.9 Å². The van der Waals surface area contributed by atoms with Gasteiger partial charge in [-0.3, -0.25) is 4.79 Å². The van der Waals surface area contributed by atoms with Gasteiger partial charge in [-0.2, -0.15) is 4.72 Å². The number of carbonyl (C=O) groups is 1. The number of esters is 1. The average Bonchev–Trinajstić information content (AvgIpc) is 2.60. The molecule has 0 radical (unpaired) electrons. The smallest absolute Gasteiger partial charge is 0.324 e. The minimum Gasteiger partial charge on any atom is -0.496 e. The van der Waals surface area contributed by atoms with Gasteiger partial charge in [0.05, 0.1) is 12.0 Å². The van der Waals surface area contributed by atoms with Crippen LogP contribution in [0.3, 0.4) is 0 Å². The number of methoxy groups -OCH3 is 1. The molecule has 8 heteroatoms. The second-order valence-corrected chi connectivity index (χ2v) is 7.85. The molecule has 0 aliphatic heterocycles. The van der Waals surface area contributed by atoms with E-state index in [9.17, 15) is 13.2 Å². The summed E-state index contributed by atoms with van der Waals surface area (Å²) < 4.78 is 38.0. The first kappa shape index (κ1) is 19.4. The summed E-state index contributed by atoms with van der Waals surface area (Å²) in [6.45, 7) is 1.40. The van der Waals surface area contributed by atoms with Crippen LogP contribution in [0.15, 0.2) is 57.9 Å². The number of carbonyl (C=O) groups excluding carboxylic acids is 1. The van der Waals surface area contributed by atoms with Crippen LogP contribution in [0.4, 0.5) is 0 Å². The molecule has 0 unspecified atom stereocenters. The van der Waals surface area contributed by atoms with E-state index in [0.29, 0.717) is 11.3 Å². The van der Waals surface area contributed by atoms with Crippen LogP contribution in [0, 0.1) is 0 Å². The van der Waals surface area contributed by atoms with E-state index in [2.05, 4.69) is 20.7 Å². The number of benzene rings is 2. The van der Waals surface area contributed by atoms with Gasteiger partial charge in [-0.25, -0.2) is 8.42 Å². The van der Waals surface area contributed by atoms with E-state index in [1.54, 1.807) is 36.4 Å². The summed E-state index contributed by atoms with van der Waals surface area (Å²) in [5.41, 5.74) is 0.670. The molecule has 0 saturated carbocycles. The zero-order valence-corrected chi connectivity index (χ0v) is 16.1. The largest absolute Gasteiger partial charge is 0.496 e. The fourth-order valence-electron chi connectivity index (χ4n) is 2.08. The molecule has 0 saturated heterocycles. The molecule has 1 atom stereocenters. The minimum atomic E-state index is -3.79. The molecule has 1 N–H and O–H groups in total. The van der Waals surface area contributed by atoms with Gasteiger partial charge in [0.1, 0.15) is 18.4 Å². The SMILES string of the molecule is COc1ccc(Br)cc1COC(=O)[C@H](C)NS(=O)(=O)c1ccccc1. The minimum absolute atomic E-state index is 0.0289. The van der Waals surface area contributed by atoms with Crippen LogP contribution < -0.4 is 9.46 Å². The van der Waals surface area contributed by atoms with Crippen LogP contribution in [-0.4, -0.2) is 27.5 Å². The Morgan fingerprint density at radius 3 is 2.52 bits per heavy atom. The lowest BCUT2D eigenvalue weighted by Crippen LogP contribution is -2.39. The number of hydrogen-bond acceptors (Lipinski definition) is 5. The monoisotopic (exact) mass is 427 g/mol. The van der Waals surface area contributed by atoms with Crippen LogP contribution in [-0.2, 0) is 26.2 Å². The maximum Gasteiger partial charge on any atom is 0.324 e. The van der Waals surface area contributed by atoms with Gasteiger partial charge in [0.15, 0.2) is 0 Å². The third-order valence-corrected chi connectivity index (χ3v) is 5.40. The second kappa shape index (κ2) is 8.46. The van der Waals surface area contributed by atoms with E-state index in [-0.39, 0.29) is 11.5 Å². The summed E-state index contributed by atoms with van der Waals surface area (Å²) in [4.78, 5) is 12.2. The van der Waals surface area contributed by atoms with Crippen molar-refractivity contribution >= 4 is 31.9 Å². The fourth-order valence-corrected chi connectivity index (χ4v) is 3.70. The van der Waals surface area contributed by atoms with Gasteiger partial charge in [0, 0.05) is 10.0 Å². The Labute approximate surface area is 155 Å². The lowest BCUT2D eigenvalue weighted by atomic mass is 10.2. The van der Waals surface area contributed by atoms with E-state index in [4.69, 9.17) is 9.47 Å². The third-order valence-electron chi connectivity index (χ3n) is 3.35. The third kappa shape index (κ3) is 5.29. The summed E-state index contributed by atoms with van der Waals surface area (Å²) in [6.07, 6.45) is 0. The maximum atomic E-state index is 12.2. The number of rotatable bonds is 7. The van der Waals surface area contributed by atoms with E-state index in [1.807, 2.05) is 0 Å². The van der Waals surface area contributed by atoms with Crippen molar-refractivity contribution in [3.63, 3.8) is 0 Å². The van der Waals surface area contributed by atoms with E-state index in [1.165, 1.54) is 26.2 Å². The Bertz CT molecular complexity index is 839. The lowest BCUT2D eigenvalue weighted by molar-refractivity contribution is -0.146. The first-order valence-corrected chi connectivity index (χ1v) is 9.67. The highest BCUT2D eigenvalue weighted by molar-refractivity contribution is 9.10. The fraction of sp³-hybridized carbons (Fsp3) is 0.235. The zero-order valence-electron chi connectivity index (χ0n) is 13.7. The summed E-state index contributed by atoms with van der Waals surface area (Å²) >= 11 is 3.34. The Morgan fingerprint density at radius 2 is 1.88 bits per heavy atom. The van der Waals surface area contributed by atoms with Crippen molar-refractivity contribution < 1.29 is 22.7 Å². The normalized spacial score (nSPS) is 12.4. The van der Waals surface area contributed by atoms with Crippen LogP contribution in [0.1, 0.15) is 12.5 Å². The van der Waals surface area contributed by atoms with Gasteiger partial charge in [0.25, 0.3) is 0 Å². The average molecular weight is 428 g/mol. The van der Waals surface area contributed by atoms with Crippen molar-refractivity contribution in [1.29, 1.82) is 0 Å². The predicted molar refractivity (Wildman–Crippen MR) is 96.7 cm³/mol. The quantitative estimate of drug-likeness (QED) is 0.686. The maximum absolute atomic E-state index is 12.2. The Kier molecular flexibility index (Phi) is 6.57. The highest BCUT2D eigenvalue weighted by Gasteiger charge is 2.23. The number of nitrogens with one attached hydrogen (secondary N) is 1. The van der Waals surface area contributed by atoms with Gasteiger partial charge >= 0.3 is 5.97 Å². The van der Waals surface area contributed by atoms with Crippen LogP contribution in [0.25, 0.3) is 0 Å². The number of halogens is 1. The molecule has 2 aromatic carbocycles. The van der Waals surface area contributed by atoms with Crippen molar-refractivity contribution in [3.8, 4) is 5.75 Å². The van der Waals surface area contributed by atoms with Crippen LogP contribution in [0.2, 0.25) is 0 Å². The summed E-state index contributed by atoms with van der Waals surface area (Å²) in [5, 5.41) is 0. The number of ether oxygens (including phenoxy) is 2. The predicted octanol–water partition coefficient (Wildman–Crippen LogP) is 2.87. The first-order chi connectivity index (χ1) is 11.8. The molecule has 134 valence electrons. The highest BCUT2D eigenvalue weighted by atomic mass is 79.9. The molecule has 0 bridgehead atoms. The molecule has 2 aromatic rings. The highest BCUT2D eigenvalue weighted by Crippen LogP contribution is 2.23. The molecule has 25 heavy (non-hydrogen) atoms. The van der Waals surface area contributed by atoms with Gasteiger partial charge < -0.3 is 9.47 Å². The molecule has 0 spiro atoms. The molecule has 0 fully saturated rings. The lowest BCUT2D eigenvalue weighted by Gasteiger charge is -2.15. The number of sulfonamides is 1. The van der Waals surface area contributed by atoms with E-state index in [0.717, 1.165) is 4.47 Å². The molecule has 0 aliphatic rings. The first-order valence-electron chi connectivity index (χ1n) is 7.40. The van der Waals surface area contributed by atoms with Gasteiger partial charge in [-0.1, -0.05) is 34.1 Å². The summed E-state index contributed by atoms with van der Waals surface area (Å²) in [7, 11) is -2.27. The second-order valence-electron chi connectivity index (χ2n) is 5.22. The molecular weight excluding hydrogens is 410 g/mol. The Balaban J connectivity index is 2.00. The van der Waals surface area contributed by atoms with Crippen LogP contribution in [0.5, 0.6) is 5.75 Å². The van der Waals surface area contributed by atoms with Crippen molar-refractivity contribution in [2.75, 3.05) is 7.11 Å². The van der Waals surface area contributed by atoms with Gasteiger partial charge in [0.2, 0.25) is 10.0 Å². The van der Waals surface area contributed by atoms with Gasteiger partial charge in [-0.15, -0.1) is 0 Å². The topological polar surface area (TPSA) is 81.7 Å². The van der Waals surface area contributed by atoms with E-state index >= 15 is 0 Å². The Hall–Kier alpha value is -1.90. The standard InChI is InChI=1S/C17H18BrNO5S/c1-12(19-25(21,22)15-6-4-3-5-7-15)17(20)24-11-13-10-14(18)8-9-16(13)23-2/h3-10,12,19H,11H2,1-2H3/t12-/m0/s1. The molecule has 0 amide bonds. The summed E-state index contributed by atoms with van der Waals surface area (Å²) in [6, 6.07) is 12.1. The molecule has 0 aromatic heterocycles. The zero-order chi connectivity index (χ0) is 18.4. The van der Waals surface area contributed by atoms with E-state index < -0.39 is 22.0 Å². The number of hydrogen-bond donors (Lipinski definition) is 1. The molecule has 0 heterocycles. The molecule has 6 nitrogen and oxygen atoms in total. The van der Waals surface area contributed by atoms with Crippen molar-refractivity contribution in [2.24, 2.45) is 0 Å². The molecule has 0 aliphatic carbocycles. The van der Waals surface area contributed by atoms with Crippen molar-refractivity contribution in [3.05, 3.63) is 58.6 Å². The summed E-state index contributed by atoms with van der Waals surface area (Å²) in [5.74, 6) is -0.102. The Morgan fingerprint density at radius 1 is 1.20 bits per heavy atom. The van der Waals surface area contributed by atoms with Crippen molar-refractivity contribution in [2.45, 2.75) is 24.5 Å². The van der Waals surface area contributed by atoms with Crippen molar-refractivity contribution in [1.82, 2.24) is 4.72 Å². The molecular formula is C17H18BrNO5S.